The number of aromatic nitrogens is 2. The van der Waals surface area contributed by atoms with Gasteiger partial charge in [-0.25, -0.2) is 8.78 Å². The zero-order chi connectivity index (χ0) is 22.1. The van der Waals surface area contributed by atoms with Crippen molar-refractivity contribution in [1.29, 1.82) is 0 Å². The zero-order valence-corrected chi connectivity index (χ0v) is 17.8. The minimum atomic E-state index is -1.07. The van der Waals surface area contributed by atoms with Crippen LogP contribution < -0.4 is 10.5 Å². The van der Waals surface area contributed by atoms with Crippen LogP contribution >= 0.6 is 34.8 Å². The average Bonchev–Trinajstić information content (AvgIpc) is 2.71. The number of benzene rings is 3. The summed E-state index contributed by atoms with van der Waals surface area (Å²) in [6, 6.07) is 14.8. The molecule has 4 rings (SSSR count). The summed E-state index contributed by atoms with van der Waals surface area (Å²) in [6.07, 6.45) is 0. The van der Waals surface area contributed by atoms with Crippen molar-refractivity contribution < 1.29 is 13.5 Å². The predicted octanol–water partition coefficient (Wildman–Crippen LogP) is 7.42. The highest BCUT2D eigenvalue weighted by Crippen LogP contribution is 2.40. The number of ether oxygens (including phenoxy) is 1. The molecule has 0 bridgehead atoms. The summed E-state index contributed by atoms with van der Waals surface area (Å²) in [5.41, 5.74) is 8.34. The maximum absolute atomic E-state index is 13.6. The van der Waals surface area contributed by atoms with Crippen LogP contribution in [0.3, 0.4) is 0 Å². The van der Waals surface area contributed by atoms with E-state index in [9.17, 15) is 8.78 Å². The van der Waals surface area contributed by atoms with E-state index in [1.54, 1.807) is 42.5 Å². The van der Waals surface area contributed by atoms with Gasteiger partial charge in [0.1, 0.15) is 11.6 Å². The van der Waals surface area contributed by atoms with Gasteiger partial charge in [0.15, 0.2) is 11.6 Å². The Bertz CT molecular complexity index is 1280. The molecule has 2 N–H and O–H groups in total. The number of rotatable bonds is 4. The van der Waals surface area contributed by atoms with Crippen molar-refractivity contribution in [3.63, 3.8) is 0 Å². The molecule has 1 aromatic heterocycles. The van der Waals surface area contributed by atoms with Gasteiger partial charge in [-0.2, -0.15) is 9.97 Å². The second-order valence-corrected chi connectivity index (χ2v) is 7.70. The molecule has 0 unspecified atom stereocenters. The van der Waals surface area contributed by atoms with E-state index in [1.807, 2.05) is 0 Å². The van der Waals surface area contributed by atoms with Crippen molar-refractivity contribution in [2.24, 2.45) is 0 Å². The Kier molecular flexibility index (Phi) is 5.96. The molecule has 0 aliphatic heterocycles. The van der Waals surface area contributed by atoms with Gasteiger partial charge in [-0.1, -0.05) is 46.9 Å². The topological polar surface area (TPSA) is 61.0 Å². The Labute approximate surface area is 191 Å². The smallest absolute Gasteiger partial charge is 0.324 e. The lowest BCUT2D eigenvalue weighted by molar-refractivity contribution is 0.432. The Balaban J connectivity index is 1.89. The molecule has 0 spiro atoms. The third-order valence-corrected chi connectivity index (χ3v) is 5.14. The summed E-state index contributed by atoms with van der Waals surface area (Å²) in [5, 5.41) is 1.33. The predicted molar refractivity (Wildman–Crippen MR) is 119 cm³/mol. The van der Waals surface area contributed by atoms with Crippen LogP contribution in [0.15, 0.2) is 60.7 Å². The molecule has 0 fully saturated rings. The van der Waals surface area contributed by atoms with Crippen molar-refractivity contribution in [1.82, 2.24) is 9.97 Å². The van der Waals surface area contributed by atoms with Gasteiger partial charge in [0.2, 0.25) is 0 Å². The molecule has 1 heterocycles. The second-order valence-electron chi connectivity index (χ2n) is 6.42. The normalized spacial score (nSPS) is 10.9. The van der Waals surface area contributed by atoms with Crippen LogP contribution in [0.2, 0.25) is 15.1 Å². The van der Waals surface area contributed by atoms with Gasteiger partial charge >= 0.3 is 6.01 Å². The SMILES string of the molecule is Nc1nc(Oc2ccc(F)c(F)c2)nc(-c2ccc(Cl)cc2Cl)c1-c1ccc(Cl)cc1. The van der Waals surface area contributed by atoms with Crippen molar-refractivity contribution in [2.45, 2.75) is 0 Å². The first-order valence-corrected chi connectivity index (χ1v) is 9.97. The van der Waals surface area contributed by atoms with E-state index < -0.39 is 11.6 Å². The Morgan fingerprint density at radius 3 is 2.16 bits per heavy atom. The summed E-state index contributed by atoms with van der Waals surface area (Å²) in [6.45, 7) is 0. The fourth-order valence-corrected chi connectivity index (χ4v) is 3.55. The number of nitrogens with two attached hydrogens (primary N) is 1. The van der Waals surface area contributed by atoms with E-state index in [-0.39, 0.29) is 17.6 Å². The van der Waals surface area contributed by atoms with Crippen LogP contribution in [0.4, 0.5) is 14.6 Å². The second kappa shape index (κ2) is 8.67. The van der Waals surface area contributed by atoms with Gasteiger partial charge in [0.05, 0.1) is 16.3 Å². The first-order chi connectivity index (χ1) is 14.8. The first-order valence-electron chi connectivity index (χ1n) is 8.83. The fourth-order valence-electron chi connectivity index (χ4n) is 2.93. The molecular weight excluding hydrogens is 467 g/mol. The molecule has 0 saturated heterocycles. The largest absolute Gasteiger partial charge is 0.424 e. The van der Waals surface area contributed by atoms with Crippen LogP contribution in [0.25, 0.3) is 22.4 Å². The minimum Gasteiger partial charge on any atom is -0.424 e. The quantitative estimate of drug-likeness (QED) is 0.331. The van der Waals surface area contributed by atoms with Gasteiger partial charge in [0.25, 0.3) is 0 Å². The number of hydrogen-bond donors (Lipinski definition) is 1. The molecule has 4 aromatic rings. The Morgan fingerprint density at radius 1 is 0.774 bits per heavy atom. The summed E-state index contributed by atoms with van der Waals surface area (Å²) in [5.74, 6) is -1.97. The standard InChI is InChI=1S/C22H12Cl3F2N3O/c23-12-3-1-11(2-4-12)19-20(15-7-5-13(24)9-16(15)25)29-22(30-21(19)28)31-14-6-8-17(26)18(27)10-14/h1-10H,(H2,28,29,30). The molecule has 0 aliphatic rings. The number of anilines is 1. The van der Waals surface area contributed by atoms with Gasteiger partial charge in [-0.05, 0) is 48.0 Å². The zero-order valence-electron chi connectivity index (χ0n) is 15.5. The highest BCUT2D eigenvalue weighted by atomic mass is 35.5. The number of halogens is 5. The van der Waals surface area contributed by atoms with Crippen molar-refractivity contribution in [2.75, 3.05) is 5.73 Å². The van der Waals surface area contributed by atoms with Gasteiger partial charge in [-0.3, -0.25) is 0 Å². The monoisotopic (exact) mass is 477 g/mol. The molecule has 0 saturated carbocycles. The summed E-state index contributed by atoms with van der Waals surface area (Å²) in [7, 11) is 0. The highest BCUT2D eigenvalue weighted by Gasteiger charge is 2.20. The average molecular weight is 479 g/mol. The molecule has 0 aliphatic carbocycles. The van der Waals surface area contributed by atoms with Crippen molar-refractivity contribution in [3.05, 3.63) is 87.4 Å². The number of hydrogen-bond acceptors (Lipinski definition) is 4. The molecule has 0 amide bonds. The minimum absolute atomic E-state index is 0.00527. The molecular formula is C22H12Cl3F2N3O. The third-order valence-electron chi connectivity index (χ3n) is 4.34. The molecule has 3 aromatic carbocycles. The van der Waals surface area contributed by atoms with E-state index in [2.05, 4.69) is 9.97 Å². The molecule has 31 heavy (non-hydrogen) atoms. The van der Waals surface area contributed by atoms with Crippen LogP contribution in [-0.2, 0) is 0 Å². The lowest BCUT2D eigenvalue weighted by Crippen LogP contribution is -2.03. The first kappa shape index (κ1) is 21.3. The Hall–Kier alpha value is -2.93. The maximum Gasteiger partial charge on any atom is 0.324 e. The van der Waals surface area contributed by atoms with Crippen molar-refractivity contribution >= 4 is 40.6 Å². The van der Waals surface area contributed by atoms with Gasteiger partial charge in [-0.15, -0.1) is 0 Å². The van der Waals surface area contributed by atoms with Crippen LogP contribution in [-0.4, -0.2) is 9.97 Å². The van der Waals surface area contributed by atoms with Gasteiger partial charge in [0, 0.05) is 21.7 Å². The maximum atomic E-state index is 13.6. The van der Waals surface area contributed by atoms with Crippen LogP contribution in [0.1, 0.15) is 0 Å². The molecule has 0 radical (unpaired) electrons. The molecule has 156 valence electrons. The molecule has 9 heteroatoms. The van der Waals surface area contributed by atoms with E-state index in [0.29, 0.717) is 37.5 Å². The summed E-state index contributed by atoms with van der Waals surface area (Å²) in [4.78, 5) is 8.63. The lowest BCUT2D eigenvalue weighted by atomic mass is 9.99. The summed E-state index contributed by atoms with van der Waals surface area (Å²) >= 11 is 18.4. The van der Waals surface area contributed by atoms with Crippen LogP contribution in [0.5, 0.6) is 11.8 Å². The molecule has 4 nitrogen and oxygen atoms in total. The highest BCUT2D eigenvalue weighted by molar-refractivity contribution is 6.36. The van der Waals surface area contributed by atoms with Gasteiger partial charge < -0.3 is 10.5 Å². The fraction of sp³-hybridized carbons (Fsp3) is 0. The van der Waals surface area contributed by atoms with E-state index in [0.717, 1.165) is 12.1 Å². The van der Waals surface area contributed by atoms with E-state index in [1.165, 1.54) is 6.07 Å². The molecule has 0 atom stereocenters. The van der Waals surface area contributed by atoms with Crippen molar-refractivity contribution in [3.8, 4) is 34.1 Å². The van der Waals surface area contributed by atoms with E-state index >= 15 is 0 Å². The van der Waals surface area contributed by atoms with Crippen LogP contribution in [0, 0.1) is 11.6 Å². The number of nitrogens with zero attached hydrogens (tertiary/aromatic N) is 2. The third kappa shape index (κ3) is 4.56. The number of nitrogen functional groups attached to an aromatic ring is 1. The lowest BCUT2D eigenvalue weighted by Gasteiger charge is -2.15. The van der Waals surface area contributed by atoms with E-state index in [4.69, 9.17) is 45.3 Å². The Morgan fingerprint density at radius 2 is 1.48 bits per heavy atom. The summed E-state index contributed by atoms with van der Waals surface area (Å²) < 4.78 is 32.3.